The minimum absolute atomic E-state index is 0.0460. The highest BCUT2D eigenvalue weighted by Crippen LogP contribution is 2.25. The third-order valence-electron chi connectivity index (χ3n) is 5.49. The van der Waals surface area contributed by atoms with Crippen molar-refractivity contribution < 1.29 is 9.18 Å². The van der Waals surface area contributed by atoms with E-state index in [-0.39, 0.29) is 11.7 Å². The molecule has 32 heavy (non-hydrogen) atoms. The minimum Gasteiger partial charge on any atom is -0.351 e. The van der Waals surface area contributed by atoms with Gasteiger partial charge in [-0.2, -0.15) is 4.68 Å². The average Bonchev–Trinajstić information content (AvgIpc) is 3.28. The van der Waals surface area contributed by atoms with Crippen molar-refractivity contribution in [3.8, 4) is 5.69 Å². The number of amides is 1. The Balaban J connectivity index is 1.36. The fourth-order valence-electron chi connectivity index (χ4n) is 3.84. The first-order valence-electron chi connectivity index (χ1n) is 10.2. The molecule has 0 aliphatic carbocycles. The van der Waals surface area contributed by atoms with Crippen molar-refractivity contribution in [1.82, 2.24) is 29.9 Å². The molecule has 0 atom stereocenters. The molecule has 162 valence electrons. The molecular formula is C22H20FN7OS. The molecular weight excluding hydrogens is 429 g/mol. The van der Waals surface area contributed by atoms with Gasteiger partial charge < -0.3 is 9.80 Å². The number of carbonyl (C=O) groups excluding carboxylic acids is 1. The number of thioether (sulfide) groups is 1. The summed E-state index contributed by atoms with van der Waals surface area (Å²) in [7, 11) is 0. The van der Waals surface area contributed by atoms with Crippen LogP contribution in [0.15, 0.2) is 59.8 Å². The lowest BCUT2D eigenvalue weighted by atomic mass is 10.2. The van der Waals surface area contributed by atoms with Crippen LogP contribution < -0.4 is 4.90 Å². The Morgan fingerprint density at radius 2 is 1.75 bits per heavy atom. The first-order valence-corrected chi connectivity index (χ1v) is 11.4. The van der Waals surface area contributed by atoms with E-state index in [0.29, 0.717) is 48.8 Å². The number of hydrogen-bond donors (Lipinski definition) is 0. The number of aromatic nitrogens is 5. The van der Waals surface area contributed by atoms with Crippen LogP contribution in [0.2, 0.25) is 0 Å². The van der Waals surface area contributed by atoms with E-state index in [1.165, 1.54) is 18.5 Å². The number of nitrogens with zero attached hydrogens (tertiary/aromatic N) is 7. The van der Waals surface area contributed by atoms with Gasteiger partial charge in [-0.3, -0.25) is 4.79 Å². The maximum absolute atomic E-state index is 13.3. The summed E-state index contributed by atoms with van der Waals surface area (Å²) in [5, 5.41) is 8.49. The summed E-state index contributed by atoms with van der Waals surface area (Å²) < 4.78 is 14.9. The zero-order chi connectivity index (χ0) is 22.1. The largest absolute Gasteiger partial charge is 0.351 e. The molecule has 1 aliphatic heterocycles. The molecule has 1 fully saturated rings. The number of anilines is 1. The second kappa shape index (κ2) is 8.54. The zero-order valence-electron chi connectivity index (χ0n) is 17.3. The van der Waals surface area contributed by atoms with Gasteiger partial charge in [0.25, 0.3) is 5.91 Å². The summed E-state index contributed by atoms with van der Waals surface area (Å²) in [5.74, 6) is 0.408. The fourth-order valence-corrected chi connectivity index (χ4v) is 4.43. The number of piperazine rings is 1. The molecule has 2 aromatic carbocycles. The van der Waals surface area contributed by atoms with Crippen LogP contribution in [0.25, 0.3) is 16.9 Å². The smallest absolute Gasteiger partial charge is 0.255 e. The highest BCUT2D eigenvalue weighted by Gasteiger charge is 2.26. The number of benzene rings is 2. The third-order valence-corrected chi connectivity index (χ3v) is 6.29. The van der Waals surface area contributed by atoms with E-state index in [9.17, 15) is 9.18 Å². The lowest BCUT2D eigenvalue weighted by Crippen LogP contribution is -2.49. The van der Waals surface area contributed by atoms with Crippen LogP contribution >= 0.6 is 11.8 Å². The van der Waals surface area contributed by atoms with Crippen LogP contribution in [0.5, 0.6) is 0 Å². The van der Waals surface area contributed by atoms with E-state index in [1.807, 2.05) is 35.4 Å². The zero-order valence-corrected chi connectivity index (χ0v) is 18.2. The number of fused-ring (bicyclic) bond motifs is 1. The Morgan fingerprint density at radius 3 is 2.50 bits per heavy atom. The molecule has 2 aromatic heterocycles. The Morgan fingerprint density at radius 1 is 1.00 bits per heavy atom. The van der Waals surface area contributed by atoms with Crippen molar-refractivity contribution >= 4 is 34.7 Å². The number of hydrogen-bond acceptors (Lipinski definition) is 7. The lowest BCUT2D eigenvalue weighted by Gasteiger charge is -2.35. The van der Waals surface area contributed by atoms with Crippen molar-refractivity contribution in [2.45, 2.75) is 4.90 Å². The topological polar surface area (TPSA) is 80.0 Å². The fraction of sp³-hybridized carbons (Fsp3) is 0.227. The van der Waals surface area contributed by atoms with E-state index in [1.54, 1.807) is 28.6 Å². The maximum atomic E-state index is 13.3. The Labute approximate surface area is 188 Å². The first kappa shape index (κ1) is 20.4. The highest BCUT2D eigenvalue weighted by molar-refractivity contribution is 7.98. The summed E-state index contributed by atoms with van der Waals surface area (Å²) in [6, 6.07) is 13.7. The predicted molar refractivity (Wildman–Crippen MR) is 121 cm³/mol. The monoisotopic (exact) mass is 449 g/mol. The van der Waals surface area contributed by atoms with Crippen molar-refractivity contribution in [3.63, 3.8) is 0 Å². The van der Waals surface area contributed by atoms with Gasteiger partial charge in [-0.1, -0.05) is 17.3 Å². The van der Waals surface area contributed by atoms with E-state index < -0.39 is 0 Å². The molecule has 0 bridgehead atoms. The van der Waals surface area contributed by atoms with Crippen molar-refractivity contribution in [2.24, 2.45) is 0 Å². The Bertz CT molecular complexity index is 1270. The summed E-state index contributed by atoms with van der Waals surface area (Å²) in [5.41, 5.74) is 2.53. The molecule has 0 saturated carbocycles. The maximum Gasteiger partial charge on any atom is 0.255 e. The van der Waals surface area contributed by atoms with Gasteiger partial charge in [0.05, 0.1) is 11.3 Å². The van der Waals surface area contributed by atoms with Gasteiger partial charge in [-0.15, -0.1) is 16.9 Å². The van der Waals surface area contributed by atoms with Gasteiger partial charge >= 0.3 is 0 Å². The number of halogens is 1. The second-order valence-corrected chi connectivity index (χ2v) is 8.17. The molecule has 4 aromatic rings. The number of carbonyl (C=O) groups is 1. The number of rotatable bonds is 4. The van der Waals surface area contributed by atoms with Gasteiger partial charge in [-0.05, 0) is 42.7 Å². The minimum atomic E-state index is -0.318. The molecule has 0 unspecified atom stereocenters. The molecule has 0 spiro atoms. The van der Waals surface area contributed by atoms with Crippen molar-refractivity contribution in [1.29, 1.82) is 0 Å². The molecule has 3 heterocycles. The van der Waals surface area contributed by atoms with Crippen molar-refractivity contribution in [3.05, 3.63) is 66.2 Å². The average molecular weight is 450 g/mol. The van der Waals surface area contributed by atoms with Gasteiger partial charge in [0.1, 0.15) is 12.1 Å². The molecule has 1 saturated heterocycles. The van der Waals surface area contributed by atoms with E-state index in [4.69, 9.17) is 0 Å². The second-order valence-electron chi connectivity index (χ2n) is 7.33. The Kier molecular flexibility index (Phi) is 5.44. The molecule has 10 heteroatoms. The quantitative estimate of drug-likeness (QED) is 0.443. The standard InChI is InChI=1S/C22H20FN7OS/c1-32-18-5-3-2-4-17(18)22(31)29-12-10-28(11-13-29)20-19-21(25-14-24-20)30(27-26-19)16-8-6-15(23)7-9-16/h2-9,14H,10-13H2,1H3. The van der Waals surface area contributed by atoms with Gasteiger partial charge in [0, 0.05) is 31.1 Å². The molecule has 0 N–H and O–H groups in total. The van der Waals surface area contributed by atoms with Crippen LogP contribution in [0, 0.1) is 5.82 Å². The summed E-state index contributed by atoms with van der Waals surface area (Å²) in [6.45, 7) is 2.42. The van der Waals surface area contributed by atoms with Crippen LogP contribution in [-0.4, -0.2) is 68.2 Å². The molecule has 1 amide bonds. The summed E-state index contributed by atoms with van der Waals surface area (Å²) >= 11 is 1.57. The van der Waals surface area contributed by atoms with Gasteiger partial charge in [0.2, 0.25) is 0 Å². The third kappa shape index (κ3) is 3.66. The molecule has 1 aliphatic rings. The molecule has 0 radical (unpaired) electrons. The van der Waals surface area contributed by atoms with E-state index in [0.717, 1.165) is 10.5 Å². The van der Waals surface area contributed by atoms with Gasteiger partial charge in [0.15, 0.2) is 17.0 Å². The van der Waals surface area contributed by atoms with Crippen LogP contribution in [-0.2, 0) is 0 Å². The lowest BCUT2D eigenvalue weighted by molar-refractivity contribution is 0.0743. The first-order chi connectivity index (χ1) is 15.7. The summed E-state index contributed by atoms with van der Waals surface area (Å²) in [6.07, 6.45) is 3.46. The van der Waals surface area contributed by atoms with E-state index in [2.05, 4.69) is 25.2 Å². The molecule has 8 nitrogen and oxygen atoms in total. The van der Waals surface area contributed by atoms with Crippen LogP contribution in [0.4, 0.5) is 10.2 Å². The SMILES string of the molecule is CSc1ccccc1C(=O)N1CCN(c2ncnc3c2nnn3-c2ccc(F)cc2)CC1. The van der Waals surface area contributed by atoms with Crippen molar-refractivity contribution in [2.75, 3.05) is 37.3 Å². The Hall–Kier alpha value is -3.53. The summed E-state index contributed by atoms with van der Waals surface area (Å²) in [4.78, 5) is 26.8. The highest BCUT2D eigenvalue weighted by atomic mass is 32.2. The van der Waals surface area contributed by atoms with Gasteiger partial charge in [-0.25, -0.2) is 14.4 Å². The molecule has 5 rings (SSSR count). The predicted octanol–water partition coefficient (Wildman–Crippen LogP) is 3.03. The normalized spacial score (nSPS) is 14.2. The van der Waals surface area contributed by atoms with Crippen LogP contribution in [0.3, 0.4) is 0 Å². The van der Waals surface area contributed by atoms with Crippen LogP contribution in [0.1, 0.15) is 10.4 Å². The van der Waals surface area contributed by atoms with E-state index >= 15 is 0 Å².